The number of hydrogen-bond donors (Lipinski definition) is 2. The molecule has 0 aliphatic rings. The summed E-state index contributed by atoms with van der Waals surface area (Å²) in [5.41, 5.74) is 12.1. The molecule has 24 heavy (non-hydrogen) atoms. The molecule has 0 spiro atoms. The van der Waals surface area contributed by atoms with Crippen LogP contribution in [0.4, 0.5) is 5.82 Å². The molecule has 3 rings (SSSR count). The number of benzene rings is 2. The molecule has 0 aliphatic heterocycles. The Bertz CT molecular complexity index is 869. The van der Waals surface area contributed by atoms with Crippen molar-refractivity contribution in [2.75, 3.05) is 5.73 Å². The number of nitrogens with zero attached hydrogens (tertiary/aromatic N) is 2. The Morgan fingerprint density at radius 2 is 1.88 bits per heavy atom. The molecule has 0 fully saturated rings. The molecule has 3 N–H and O–H groups in total. The third-order valence-corrected chi connectivity index (χ3v) is 4.18. The van der Waals surface area contributed by atoms with Crippen molar-refractivity contribution in [3.05, 3.63) is 70.9 Å². The minimum absolute atomic E-state index is 0.581. The van der Waals surface area contributed by atoms with Crippen LogP contribution in [0.15, 0.2) is 48.5 Å². The van der Waals surface area contributed by atoms with E-state index in [9.17, 15) is 5.26 Å². The Labute approximate surface area is 142 Å². The molecule has 0 saturated heterocycles. The minimum atomic E-state index is 0.581. The van der Waals surface area contributed by atoms with Crippen molar-refractivity contribution < 1.29 is 0 Å². The molecule has 1 heterocycles. The van der Waals surface area contributed by atoms with Crippen molar-refractivity contribution in [3.8, 4) is 17.2 Å². The van der Waals surface area contributed by atoms with E-state index in [1.54, 1.807) is 0 Å². The smallest absolute Gasteiger partial charge is 0.149 e. The zero-order valence-electron chi connectivity index (χ0n) is 13.7. The van der Waals surface area contributed by atoms with Crippen LogP contribution in [0.1, 0.15) is 35.7 Å². The minimum Gasteiger partial charge on any atom is -0.382 e. The fourth-order valence-electron chi connectivity index (χ4n) is 2.91. The summed E-state index contributed by atoms with van der Waals surface area (Å²) in [7, 11) is 0. The summed E-state index contributed by atoms with van der Waals surface area (Å²) in [6.07, 6.45) is 2.77. The van der Waals surface area contributed by atoms with E-state index < -0.39 is 0 Å². The molecule has 1 aromatic heterocycles. The highest BCUT2D eigenvalue weighted by atomic mass is 15.2. The summed E-state index contributed by atoms with van der Waals surface area (Å²) in [6.45, 7) is 2.14. The van der Waals surface area contributed by atoms with E-state index in [4.69, 9.17) is 5.73 Å². The first-order chi connectivity index (χ1) is 11.7. The average molecular weight is 316 g/mol. The first kappa shape index (κ1) is 15.8. The maximum atomic E-state index is 9.24. The summed E-state index contributed by atoms with van der Waals surface area (Å²) < 4.78 is 0. The lowest BCUT2D eigenvalue weighted by Crippen LogP contribution is -1.97. The summed E-state index contributed by atoms with van der Waals surface area (Å²) in [4.78, 5) is 0. The van der Waals surface area contributed by atoms with E-state index >= 15 is 0 Å². The van der Waals surface area contributed by atoms with Crippen LogP contribution in [0.5, 0.6) is 0 Å². The standard InChI is InChI=1S/C20H20N4/c1-2-5-19-18(20(22)24-23-19)12-14-8-10-15(11-9-14)17-7-4-3-6-16(17)13-21/h3-4,6-11H,2,5,12H2,1H3,(H3,22,23,24). The van der Waals surface area contributed by atoms with E-state index in [1.807, 2.05) is 24.3 Å². The van der Waals surface area contributed by atoms with Crippen LogP contribution in [0.25, 0.3) is 11.1 Å². The predicted octanol–water partition coefficient (Wildman–Crippen LogP) is 4.07. The lowest BCUT2D eigenvalue weighted by molar-refractivity contribution is 0.856. The first-order valence-corrected chi connectivity index (χ1v) is 8.13. The Kier molecular flexibility index (Phi) is 4.62. The molecule has 120 valence electrons. The lowest BCUT2D eigenvalue weighted by atomic mass is 9.97. The van der Waals surface area contributed by atoms with Gasteiger partial charge < -0.3 is 5.73 Å². The zero-order chi connectivity index (χ0) is 16.9. The zero-order valence-corrected chi connectivity index (χ0v) is 13.7. The van der Waals surface area contributed by atoms with Gasteiger partial charge in [-0.05, 0) is 29.2 Å². The van der Waals surface area contributed by atoms with E-state index in [1.165, 1.54) is 5.56 Å². The van der Waals surface area contributed by atoms with Gasteiger partial charge in [0, 0.05) is 17.7 Å². The molecule has 0 amide bonds. The van der Waals surface area contributed by atoms with Crippen molar-refractivity contribution in [3.63, 3.8) is 0 Å². The van der Waals surface area contributed by atoms with Gasteiger partial charge in [-0.15, -0.1) is 0 Å². The van der Waals surface area contributed by atoms with Gasteiger partial charge in [-0.3, -0.25) is 5.10 Å². The fourth-order valence-corrected chi connectivity index (χ4v) is 2.91. The Balaban J connectivity index is 1.86. The Morgan fingerprint density at radius 3 is 2.58 bits per heavy atom. The second-order valence-corrected chi connectivity index (χ2v) is 5.85. The van der Waals surface area contributed by atoms with Crippen LogP contribution in [0, 0.1) is 11.3 Å². The summed E-state index contributed by atoms with van der Waals surface area (Å²) in [6, 6.07) is 18.2. The number of hydrogen-bond acceptors (Lipinski definition) is 3. The molecule has 3 aromatic rings. The van der Waals surface area contributed by atoms with Crippen LogP contribution in [-0.2, 0) is 12.8 Å². The van der Waals surface area contributed by atoms with Crippen LogP contribution in [-0.4, -0.2) is 10.2 Å². The fraction of sp³-hybridized carbons (Fsp3) is 0.200. The predicted molar refractivity (Wildman–Crippen MR) is 96.4 cm³/mol. The first-order valence-electron chi connectivity index (χ1n) is 8.13. The molecule has 0 bridgehead atoms. The average Bonchev–Trinajstić information content (AvgIpc) is 2.96. The van der Waals surface area contributed by atoms with E-state index in [-0.39, 0.29) is 0 Å². The molecule has 0 aliphatic carbocycles. The van der Waals surface area contributed by atoms with E-state index in [0.717, 1.165) is 41.6 Å². The molecular weight excluding hydrogens is 296 g/mol. The van der Waals surface area contributed by atoms with Gasteiger partial charge in [-0.2, -0.15) is 10.4 Å². The highest BCUT2D eigenvalue weighted by molar-refractivity contribution is 5.70. The number of rotatable bonds is 5. The second kappa shape index (κ2) is 7.01. The van der Waals surface area contributed by atoms with Crippen molar-refractivity contribution >= 4 is 5.82 Å². The number of aryl methyl sites for hydroxylation is 1. The van der Waals surface area contributed by atoms with Crippen LogP contribution in [0.3, 0.4) is 0 Å². The van der Waals surface area contributed by atoms with Crippen LogP contribution < -0.4 is 5.73 Å². The van der Waals surface area contributed by atoms with Crippen LogP contribution >= 0.6 is 0 Å². The number of aromatic nitrogens is 2. The number of nitrogens with two attached hydrogens (primary N) is 1. The second-order valence-electron chi connectivity index (χ2n) is 5.85. The quantitative estimate of drug-likeness (QED) is 0.744. The molecular formula is C20H20N4. The topological polar surface area (TPSA) is 78.5 Å². The largest absolute Gasteiger partial charge is 0.382 e. The van der Waals surface area contributed by atoms with Gasteiger partial charge in [0.25, 0.3) is 0 Å². The highest BCUT2D eigenvalue weighted by Crippen LogP contribution is 2.25. The summed E-state index contributed by atoms with van der Waals surface area (Å²) >= 11 is 0. The van der Waals surface area contributed by atoms with E-state index in [2.05, 4.69) is 47.5 Å². The maximum Gasteiger partial charge on any atom is 0.149 e. The lowest BCUT2D eigenvalue weighted by Gasteiger charge is -2.07. The van der Waals surface area contributed by atoms with Crippen molar-refractivity contribution in [1.82, 2.24) is 10.2 Å². The molecule has 2 aromatic carbocycles. The van der Waals surface area contributed by atoms with Crippen molar-refractivity contribution in [2.24, 2.45) is 0 Å². The van der Waals surface area contributed by atoms with Gasteiger partial charge >= 0.3 is 0 Å². The molecule has 4 heteroatoms. The summed E-state index contributed by atoms with van der Waals surface area (Å²) in [5, 5.41) is 16.4. The summed E-state index contributed by atoms with van der Waals surface area (Å²) in [5.74, 6) is 0.581. The molecule has 4 nitrogen and oxygen atoms in total. The highest BCUT2D eigenvalue weighted by Gasteiger charge is 2.11. The number of nitrogens with one attached hydrogen (secondary N) is 1. The monoisotopic (exact) mass is 316 g/mol. The number of aromatic amines is 1. The number of nitriles is 1. The van der Waals surface area contributed by atoms with Crippen molar-refractivity contribution in [2.45, 2.75) is 26.2 Å². The Morgan fingerprint density at radius 1 is 1.12 bits per heavy atom. The van der Waals surface area contributed by atoms with Gasteiger partial charge in [-0.25, -0.2) is 0 Å². The SMILES string of the molecule is CCCc1[nH]nc(N)c1Cc1ccc(-c2ccccc2C#N)cc1. The van der Waals surface area contributed by atoms with Gasteiger partial charge in [0.1, 0.15) is 5.82 Å². The molecule has 0 unspecified atom stereocenters. The number of nitrogen functional groups attached to an aromatic ring is 1. The molecule has 0 saturated carbocycles. The normalized spacial score (nSPS) is 10.5. The number of anilines is 1. The van der Waals surface area contributed by atoms with Crippen LogP contribution in [0.2, 0.25) is 0 Å². The van der Waals surface area contributed by atoms with Gasteiger partial charge in [-0.1, -0.05) is 55.8 Å². The third-order valence-electron chi connectivity index (χ3n) is 4.18. The van der Waals surface area contributed by atoms with Gasteiger partial charge in [0.15, 0.2) is 0 Å². The molecule has 0 atom stereocenters. The third kappa shape index (κ3) is 3.16. The Hall–Kier alpha value is -3.06. The van der Waals surface area contributed by atoms with Crippen molar-refractivity contribution in [1.29, 1.82) is 5.26 Å². The van der Waals surface area contributed by atoms with Gasteiger partial charge in [0.2, 0.25) is 0 Å². The maximum absolute atomic E-state index is 9.24. The van der Waals surface area contributed by atoms with E-state index in [0.29, 0.717) is 11.4 Å². The van der Waals surface area contributed by atoms with Gasteiger partial charge in [0.05, 0.1) is 11.6 Å². The number of H-pyrrole nitrogens is 1. The molecule has 0 radical (unpaired) electrons.